The Morgan fingerprint density at radius 1 is 1.10 bits per heavy atom. The van der Waals surface area contributed by atoms with Crippen molar-refractivity contribution in [3.63, 3.8) is 0 Å². The van der Waals surface area contributed by atoms with Crippen LogP contribution in [0.1, 0.15) is 28.3 Å². The summed E-state index contributed by atoms with van der Waals surface area (Å²) in [6.07, 6.45) is 0. The van der Waals surface area contributed by atoms with Gasteiger partial charge in [0.15, 0.2) is 5.96 Å². The smallest absolute Gasteiger partial charge is 0.191 e. The largest absolute Gasteiger partial charge is 0.497 e. The quantitative estimate of drug-likeness (QED) is 0.543. The molecule has 30 heavy (non-hydrogen) atoms. The van der Waals surface area contributed by atoms with Crippen LogP contribution in [0.15, 0.2) is 47.5 Å². The average molecular weight is 411 g/mol. The summed E-state index contributed by atoms with van der Waals surface area (Å²) in [6, 6.07) is 15.1. The van der Waals surface area contributed by atoms with E-state index in [9.17, 15) is 0 Å². The van der Waals surface area contributed by atoms with E-state index >= 15 is 0 Å². The molecule has 0 bridgehead atoms. The van der Waals surface area contributed by atoms with Crippen molar-refractivity contribution in [3.05, 3.63) is 64.7 Å². The van der Waals surface area contributed by atoms with Crippen LogP contribution >= 0.6 is 0 Å². The van der Waals surface area contributed by atoms with Gasteiger partial charge in [-0.25, -0.2) is 0 Å². The summed E-state index contributed by atoms with van der Waals surface area (Å²) >= 11 is 0. The molecule has 6 heteroatoms. The average Bonchev–Trinajstić information content (AvgIpc) is 2.78. The van der Waals surface area contributed by atoms with Crippen LogP contribution in [0.2, 0.25) is 0 Å². The molecular weight excluding hydrogens is 376 g/mol. The van der Waals surface area contributed by atoms with Crippen molar-refractivity contribution in [2.45, 2.75) is 26.4 Å². The summed E-state index contributed by atoms with van der Waals surface area (Å²) in [6.45, 7) is 9.17. The lowest BCUT2D eigenvalue weighted by atomic mass is 10.0. The van der Waals surface area contributed by atoms with Crippen molar-refractivity contribution in [1.82, 2.24) is 15.5 Å². The predicted molar refractivity (Wildman–Crippen MR) is 122 cm³/mol. The van der Waals surface area contributed by atoms with Crippen molar-refractivity contribution in [3.8, 4) is 5.75 Å². The molecule has 0 radical (unpaired) electrons. The zero-order chi connectivity index (χ0) is 21.3. The number of benzene rings is 2. The molecule has 1 saturated heterocycles. The second-order valence-electron chi connectivity index (χ2n) is 7.67. The van der Waals surface area contributed by atoms with Crippen molar-refractivity contribution in [1.29, 1.82) is 0 Å². The molecule has 0 saturated carbocycles. The molecule has 2 aromatic carbocycles. The van der Waals surface area contributed by atoms with Crippen LogP contribution in [0.4, 0.5) is 0 Å². The van der Waals surface area contributed by atoms with Gasteiger partial charge in [-0.05, 0) is 42.7 Å². The number of ether oxygens (including phenoxy) is 2. The van der Waals surface area contributed by atoms with E-state index in [1.54, 1.807) is 7.11 Å². The molecule has 1 heterocycles. The first-order valence-corrected chi connectivity index (χ1v) is 10.6. The van der Waals surface area contributed by atoms with E-state index in [2.05, 4.69) is 64.7 Å². The van der Waals surface area contributed by atoms with Crippen molar-refractivity contribution < 1.29 is 9.47 Å². The monoisotopic (exact) mass is 410 g/mol. The highest BCUT2D eigenvalue weighted by Crippen LogP contribution is 2.23. The Morgan fingerprint density at radius 2 is 1.83 bits per heavy atom. The third kappa shape index (κ3) is 5.97. The molecule has 0 spiro atoms. The lowest BCUT2D eigenvalue weighted by molar-refractivity contribution is 0.0170. The second kappa shape index (κ2) is 11.0. The molecule has 0 amide bonds. The summed E-state index contributed by atoms with van der Waals surface area (Å²) in [7, 11) is 3.51. The summed E-state index contributed by atoms with van der Waals surface area (Å²) in [5.41, 5.74) is 5.12. The van der Waals surface area contributed by atoms with Gasteiger partial charge in [-0.15, -0.1) is 0 Å². The highest BCUT2D eigenvalue weighted by Gasteiger charge is 2.23. The summed E-state index contributed by atoms with van der Waals surface area (Å²) in [4.78, 5) is 6.89. The SMILES string of the molecule is CN=C(NCc1ccc(C)cc1C)NCC(c1ccc(OC)cc1)N1CCOCC1. The van der Waals surface area contributed by atoms with Crippen molar-refractivity contribution in [2.75, 3.05) is 47.0 Å². The van der Waals surface area contributed by atoms with Crippen LogP contribution < -0.4 is 15.4 Å². The van der Waals surface area contributed by atoms with Gasteiger partial charge in [0.25, 0.3) is 0 Å². The third-order valence-corrected chi connectivity index (χ3v) is 5.62. The highest BCUT2D eigenvalue weighted by molar-refractivity contribution is 5.79. The Morgan fingerprint density at radius 3 is 2.47 bits per heavy atom. The minimum Gasteiger partial charge on any atom is -0.497 e. The lowest BCUT2D eigenvalue weighted by Crippen LogP contribution is -2.46. The van der Waals surface area contributed by atoms with Crippen LogP contribution in [0, 0.1) is 13.8 Å². The summed E-state index contributed by atoms with van der Waals surface area (Å²) < 4.78 is 10.9. The Balaban J connectivity index is 1.65. The van der Waals surface area contributed by atoms with E-state index in [0.29, 0.717) is 0 Å². The van der Waals surface area contributed by atoms with Crippen molar-refractivity contribution in [2.24, 2.45) is 4.99 Å². The number of nitrogens with one attached hydrogen (secondary N) is 2. The zero-order valence-electron chi connectivity index (χ0n) is 18.6. The maximum absolute atomic E-state index is 5.56. The van der Waals surface area contributed by atoms with E-state index < -0.39 is 0 Å². The second-order valence-corrected chi connectivity index (χ2v) is 7.67. The highest BCUT2D eigenvalue weighted by atomic mass is 16.5. The molecule has 1 atom stereocenters. The van der Waals surface area contributed by atoms with E-state index in [4.69, 9.17) is 9.47 Å². The van der Waals surface area contributed by atoms with Gasteiger partial charge in [0, 0.05) is 33.2 Å². The number of aryl methyl sites for hydroxylation is 2. The van der Waals surface area contributed by atoms with E-state index in [1.165, 1.54) is 22.3 Å². The minimum atomic E-state index is 0.236. The molecule has 1 aliphatic heterocycles. The van der Waals surface area contributed by atoms with Gasteiger partial charge in [0.05, 0.1) is 26.4 Å². The topological polar surface area (TPSA) is 58.1 Å². The fraction of sp³-hybridized carbons (Fsp3) is 0.458. The van der Waals surface area contributed by atoms with Gasteiger partial charge < -0.3 is 20.1 Å². The van der Waals surface area contributed by atoms with Crippen molar-refractivity contribution >= 4 is 5.96 Å². The molecule has 1 unspecified atom stereocenters. The van der Waals surface area contributed by atoms with Gasteiger partial charge in [-0.2, -0.15) is 0 Å². The Kier molecular flexibility index (Phi) is 8.11. The van der Waals surface area contributed by atoms with Crippen LogP contribution in [-0.2, 0) is 11.3 Å². The van der Waals surface area contributed by atoms with Gasteiger partial charge in [0.2, 0.25) is 0 Å². The fourth-order valence-electron chi connectivity index (χ4n) is 3.81. The Labute approximate surface area is 180 Å². The molecule has 2 N–H and O–H groups in total. The molecule has 162 valence electrons. The number of morpholine rings is 1. The number of nitrogens with zero attached hydrogens (tertiary/aromatic N) is 2. The third-order valence-electron chi connectivity index (χ3n) is 5.62. The van der Waals surface area contributed by atoms with Crippen LogP contribution in [0.5, 0.6) is 5.75 Å². The van der Waals surface area contributed by atoms with Crippen LogP contribution in [-0.4, -0.2) is 57.9 Å². The van der Waals surface area contributed by atoms with Gasteiger partial charge in [-0.3, -0.25) is 9.89 Å². The molecule has 0 aromatic heterocycles. The first kappa shape index (κ1) is 22.1. The van der Waals surface area contributed by atoms with Gasteiger partial charge in [0.1, 0.15) is 5.75 Å². The standard InChI is InChI=1S/C24H34N4O2/c1-18-5-6-21(19(2)15-18)16-26-24(25-3)27-17-23(28-11-13-30-14-12-28)20-7-9-22(29-4)10-8-20/h5-10,15,23H,11-14,16-17H2,1-4H3,(H2,25,26,27). The molecule has 1 fully saturated rings. The Hall–Kier alpha value is -2.57. The molecule has 3 rings (SSSR count). The Bertz CT molecular complexity index is 830. The summed E-state index contributed by atoms with van der Waals surface area (Å²) in [5.74, 6) is 1.68. The van der Waals surface area contributed by atoms with Crippen LogP contribution in [0.3, 0.4) is 0 Å². The maximum atomic E-state index is 5.56. The number of guanidine groups is 1. The summed E-state index contributed by atoms with van der Waals surface area (Å²) in [5, 5.41) is 6.97. The minimum absolute atomic E-state index is 0.236. The van der Waals surface area contributed by atoms with Gasteiger partial charge >= 0.3 is 0 Å². The fourth-order valence-corrected chi connectivity index (χ4v) is 3.81. The first-order chi connectivity index (χ1) is 14.6. The number of hydrogen-bond acceptors (Lipinski definition) is 4. The number of rotatable bonds is 7. The van der Waals surface area contributed by atoms with E-state index in [1.807, 2.05) is 19.2 Å². The van der Waals surface area contributed by atoms with Crippen LogP contribution in [0.25, 0.3) is 0 Å². The molecule has 0 aliphatic carbocycles. The zero-order valence-corrected chi connectivity index (χ0v) is 18.6. The molecule has 2 aromatic rings. The first-order valence-electron chi connectivity index (χ1n) is 10.6. The van der Waals surface area contributed by atoms with Gasteiger partial charge in [-0.1, -0.05) is 35.9 Å². The van der Waals surface area contributed by atoms with E-state index in [0.717, 1.165) is 51.1 Å². The van der Waals surface area contributed by atoms with E-state index in [-0.39, 0.29) is 6.04 Å². The molecule has 1 aliphatic rings. The normalized spacial score (nSPS) is 16.2. The maximum Gasteiger partial charge on any atom is 0.191 e. The molecule has 6 nitrogen and oxygen atoms in total. The lowest BCUT2D eigenvalue weighted by Gasteiger charge is -2.35. The number of methoxy groups -OCH3 is 1. The number of hydrogen-bond donors (Lipinski definition) is 2. The predicted octanol–water partition coefficient (Wildman–Crippen LogP) is 3.05. The molecular formula is C24H34N4O2. The number of aliphatic imine (C=N–C) groups is 1.